The summed E-state index contributed by atoms with van der Waals surface area (Å²) in [5.74, 6) is -0.0311. The Morgan fingerprint density at radius 1 is 1.27 bits per heavy atom. The number of alkyl halides is 3. The number of hydrogen-bond donors (Lipinski definition) is 0. The number of hydrogen-bond acceptors (Lipinski definition) is 8. The molecule has 138 valence electrons. The molecule has 0 amide bonds. The maximum atomic E-state index is 13.1. The van der Waals surface area contributed by atoms with Crippen molar-refractivity contribution in [2.24, 2.45) is 0 Å². The summed E-state index contributed by atoms with van der Waals surface area (Å²) in [5.41, 5.74) is 0.00810. The van der Waals surface area contributed by atoms with E-state index >= 15 is 0 Å². The highest BCUT2D eigenvalue weighted by atomic mass is 19.4. The van der Waals surface area contributed by atoms with E-state index in [9.17, 15) is 13.2 Å². The quantitative estimate of drug-likeness (QED) is 0.690. The molecule has 3 aromatic rings. The van der Waals surface area contributed by atoms with Gasteiger partial charge in [0.1, 0.15) is 6.04 Å². The highest BCUT2D eigenvalue weighted by molar-refractivity contribution is 5.48. The van der Waals surface area contributed by atoms with Gasteiger partial charge in [0.2, 0.25) is 5.89 Å². The van der Waals surface area contributed by atoms with Crippen LogP contribution >= 0.6 is 0 Å². The standard InChI is InChI=1S/C14H14F3N7O2/c1-7-18-12(26-22-7)9-5-8(25-2)6-23(9)11-4-3-10-19-20-13(14(15,16)17)24(10)21-11/h3-4,8-9H,5-6H2,1-2H3. The summed E-state index contributed by atoms with van der Waals surface area (Å²) in [6.07, 6.45) is -4.26. The molecule has 3 aromatic heterocycles. The first-order valence-corrected chi connectivity index (χ1v) is 7.76. The van der Waals surface area contributed by atoms with Crippen LogP contribution in [0.1, 0.15) is 30.0 Å². The molecule has 0 saturated carbocycles. The van der Waals surface area contributed by atoms with Gasteiger partial charge in [-0.15, -0.1) is 15.3 Å². The number of rotatable bonds is 3. The number of halogens is 3. The molecule has 1 aliphatic rings. The third-order valence-electron chi connectivity index (χ3n) is 4.22. The monoisotopic (exact) mass is 369 g/mol. The number of anilines is 1. The highest BCUT2D eigenvalue weighted by Gasteiger charge is 2.40. The first kappa shape index (κ1) is 16.7. The lowest BCUT2D eigenvalue weighted by Gasteiger charge is -2.22. The Labute approximate surface area is 144 Å². The molecule has 26 heavy (non-hydrogen) atoms. The van der Waals surface area contributed by atoms with Crippen LogP contribution in [0.2, 0.25) is 0 Å². The maximum absolute atomic E-state index is 13.1. The van der Waals surface area contributed by atoms with Gasteiger partial charge >= 0.3 is 6.18 Å². The second kappa shape index (κ2) is 5.90. The Morgan fingerprint density at radius 2 is 2.08 bits per heavy atom. The van der Waals surface area contributed by atoms with E-state index < -0.39 is 12.0 Å². The van der Waals surface area contributed by atoms with Crippen molar-refractivity contribution in [3.05, 3.63) is 29.7 Å². The summed E-state index contributed by atoms with van der Waals surface area (Å²) in [5, 5.41) is 14.6. The molecule has 0 radical (unpaired) electrons. The molecule has 1 aliphatic heterocycles. The van der Waals surface area contributed by atoms with E-state index in [4.69, 9.17) is 9.26 Å². The fourth-order valence-corrected chi connectivity index (χ4v) is 3.01. The van der Waals surface area contributed by atoms with Crippen LogP contribution in [0.15, 0.2) is 16.7 Å². The van der Waals surface area contributed by atoms with Gasteiger partial charge in [-0.2, -0.15) is 22.7 Å². The zero-order valence-electron chi connectivity index (χ0n) is 13.8. The van der Waals surface area contributed by atoms with Gasteiger partial charge in [0.15, 0.2) is 17.3 Å². The van der Waals surface area contributed by atoms with Crippen molar-refractivity contribution >= 4 is 11.5 Å². The third kappa shape index (κ3) is 2.75. The Morgan fingerprint density at radius 3 is 2.73 bits per heavy atom. The molecule has 0 aliphatic carbocycles. The van der Waals surface area contributed by atoms with Gasteiger partial charge in [0.25, 0.3) is 5.82 Å². The average Bonchev–Trinajstić information content (AvgIpc) is 3.30. The molecule has 1 saturated heterocycles. The van der Waals surface area contributed by atoms with E-state index in [0.29, 0.717) is 35.0 Å². The minimum Gasteiger partial charge on any atom is -0.380 e. The fourth-order valence-electron chi connectivity index (χ4n) is 3.01. The van der Waals surface area contributed by atoms with E-state index in [1.807, 2.05) is 0 Å². The predicted octanol–water partition coefficient (Wildman–Crippen LogP) is 1.80. The lowest BCUT2D eigenvalue weighted by atomic mass is 10.2. The summed E-state index contributed by atoms with van der Waals surface area (Å²) in [7, 11) is 1.57. The Kier molecular flexibility index (Phi) is 3.79. The zero-order chi connectivity index (χ0) is 18.5. The van der Waals surface area contributed by atoms with Crippen LogP contribution in [0.3, 0.4) is 0 Å². The summed E-state index contributed by atoms with van der Waals surface area (Å²) in [6.45, 7) is 2.11. The summed E-state index contributed by atoms with van der Waals surface area (Å²) in [4.78, 5) is 6.01. The Balaban J connectivity index is 1.76. The first-order chi connectivity index (χ1) is 12.4. The van der Waals surface area contributed by atoms with Crippen molar-refractivity contribution in [1.82, 2.24) is 30.0 Å². The van der Waals surface area contributed by atoms with E-state index in [1.54, 1.807) is 25.0 Å². The summed E-state index contributed by atoms with van der Waals surface area (Å²) < 4.78 is 50.6. The van der Waals surface area contributed by atoms with Gasteiger partial charge in [0.05, 0.1) is 6.10 Å². The molecule has 0 bridgehead atoms. The van der Waals surface area contributed by atoms with E-state index in [2.05, 4.69) is 25.4 Å². The minimum atomic E-state index is -4.66. The van der Waals surface area contributed by atoms with Crippen LogP contribution in [0.25, 0.3) is 5.65 Å². The average molecular weight is 369 g/mol. The van der Waals surface area contributed by atoms with Gasteiger partial charge in [-0.1, -0.05) is 5.16 Å². The van der Waals surface area contributed by atoms with Crippen molar-refractivity contribution in [3.63, 3.8) is 0 Å². The highest BCUT2D eigenvalue weighted by Crippen LogP contribution is 2.36. The smallest absolute Gasteiger partial charge is 0.380 e. The van der Waals surface area contributed by atoms with Gasteiger partial charge in [0, 0.05) is 20.1 Å². The minimum absolute atomic E-state index is 0.00810. The SMILES string of the molecule is COC1CC(c2nc(C)no2)N(c2ccc3nnc(C(F)(F)F)n3n2)C1. The summed E-state index contributed by atoms with van der Waals surface area (Å²) in [6, 6.07) is 2.66. The second-order valence-corrected chi connectivity index (χ2v) is 5.92. The number of fused-ring (bicyclic) bond motifs is 1. The fraction of sp³-hybridized carbons (Fsp3) is 0.500. The second-order valence-electron chi connectivity index (χ2n) is 5.92. The van der Waals surface area contributed by atoms with Crippen LogP contribution in [0.5, 0.6) is 0 Å². The van der Waals surface area contributed by atoms with Crippen LogP contribution in [0.4, 0.5) is 19.0 Å². The number of aromatic nitrogens is 6. The van der Waals surface area contributed by atoms with Crippen molar-refractivity contribution in [2.75, 3.05) is 18.6 Å². The molecule has 4 rings (SSSR count). The lowest BCUT2D eigenvalue weighted by Crippen LogP contribution is -2.27. The molecule has 9 nitrogen and oxygen atoms in total. The van der Waals surface area contributed by atoms with E-state index in [0.717, 1.165) is 0 Å². The number of ether oxygens (including phenoxy) is 1. The lowest BCUT2D eigenvalue weighted by molar-refractivity contribution is -0.146. The maximum Gasteiger partial charge on any atom is 0.453 e. The van der Waals surface area contributed by atoms with Crippen LogP contribution in [-0.2, 0) is 10.9 Å². The molecule has 4 heterocycles. The molecule has 0 spiro atoms. The molecule has 0 aromatic carbocycles. The molecule has 2 atom stereocenters. The molecule has 0 N–H and O–H groups in total. The topological polar surface area (TPSA) is 94.5 Å². The van der Waals surface area contributed by atoms with E-state index in [1.165, 1.54) is 6.07 Å². The number of aryl methyl sites for hydroxylation is 1. The number of nitrogens with zero attached hydrogens (tertiary/aromatic N) is 7. The van der Waals surface area contributed by atoms with Gasteiger partial charge in [-0.3, -0.25) is 0 Å². The molecule has 2 unspecified atom stereocenters. The number of methoxy groups -OCH3 is 1. The van der Waals surface area contributed by atoms with Crippen molar-refractivity contribution in [3.8, 4) is 0 Å². The van der Waals surface area contributed by atoms with Crippen LogP contribution < -0.4 is 4.90 Å². The van der Waals surface area contributed by atoms with Gasteiger partial charge in [-0.05, 0) is 19.1 Å². The van der Waals surface area contributed by atoms with Gasteiger partial charge in [-0.25, -0.2) is 0 Å². The van der Waals surface area contributed by atoms with Crippen LogP contribution in [0, 0.1) is 6.92 Å². The zero-order valence-corrected chi connectivity index (χ0v) is 13.8. The van der Waals surface area contributed by atoms with Crippen molar-refractivity contribution in [1.29, 1.82) is 0 Å². The third-order valence-corrected chi connectivity index (χ3v) is 4.22. The Bertz CT molecular complexity index is 938. The first-order valence-electron chi connectivity index (χ1n) is 7.76. The van der Waals surface area contributed by atoms with E-state index in [-0.39, 0.29) is 17.8 Å². The molecule has 1 fully saturated rings. The largest absolute Gasteiger partial charge is 0.453 e. The normalized spacial score (nSPS) is 21.0. The van der Waals surface area contributed by atoms with Crippen LogP contribution in [-0.4, -0.2) is 49.7 Å². The molecular weight excluding hydrogens is 355 g/mol. The van der Waals surface area contributed by atoms with Crippen molar-refractivity contribution < 1.29 is 22.4 Å². The van der Waals surface area contributed by atoms with Gasteiger partial charge < -0.3 is 14.2 Å². The molecular formula is C14H14F3N7O2. The predicted molar refractivity (Wildman–Crippen MR) is 80.3 cm³/mol. The van der Waals surface area contributed by atoms with Crippen molar-refractivity contribution in [2.45, 2.75) is 31.7 Å². The Hall–Kier alpha value is -2.76. The summed E-state index contributed by atoms with van der Waals surface area (Å²) >= 11 is 0. The molecule has 12 heteroatoms.